The Morgan fingerprint density at radius 1 is 1.04 bits per heavy atom. The lowest BCUT2D eigenvalue weighted by Crippen LogP contribution is -2.63. The molecule has 0 radical (unpaired) electrons. The summed E-state index contributed by atoms with van der Waals surface area (Å²) in [6.07, 6.45) is -0.444. The first-order valence-corrected chi connectivity index (χ1v) is 25.4. The maximum atomic E-state index is 14.8. The van der Waals surface area contributed by atoms with Gasteiger partial charge in [-0.25, -0.2) is 10.2 Å². The van der Waals surface area contributed by atoms with E-state index in [2.05, 4.69) is 22.3 Å². The number of methoxy groups -OCH3 is 1. The molecule has 20 heteroatoms. The van der Waals surface area contributed by atoms with Crippen LogP contribution < -0.4 is 10.7 Å². The summed E-state index contributed by atoms with van der Waals surface area (Å²) in [4.78, 5) is 84.5. The number of urea groups is 1. The van der Waals surface area contributed by atoms with Gasteiger partial charge >= 0.3 is 18.2 Å². The summed E-state index contributed by atoms with van der Waals surface area (Å²) in [7, 11) is 3.08. The molecule has 5 amide bonds. The van der Waals surface area contributed by atoms with Gasteiger partial charge in [-0.05, 0) is 93.0 Å². The lowest BCUT2D eigenvalue weighted by Gasteiger charge is -2.47. The molecule has 3 fully saturated rings. The first-order valence-electron chi connectivity index (χ1n) is 25.4. The summed E-state index contributed by atoms with van der Waals surface area (Å²) < 4.78 is 63.4. The Labute approximate surface area is 429 Å². The van der Waals surface area contributed by atoms with Crippen LogP contribution in [0.25, 0.3) is 33.4 Å². The highest BCUT2D eigenvalue weighted by Crippen LogP contribution is 2.43. The third-order valence-corrected chi connectivity index (χ3v) is 14.8. The van der Waals surface area contributed by atoms with E-state index in [1.165, 1.54) is 27.7 Å². The zero-order valence-corrected chi connectivity index (χ0v) is 43.3. The summed E-state index contributed by atoms with van der Waals surface area (Å²) in [5.41, 5.74) is 5.30. The highest BCUT2D eigenvalue weighted by molar-refractivity contribution is 5.96. The molecule has 17 nitrogen and oxygen atoms in total. The summed E-state index contributed by atoms with van der Waals surface area (Å²) in [6.45, 7) is 13.5. The number of amides is 5. The van der Waals surface area contributed by atoms with E-state index in [1.807, 2.05) is 33.8 Å². The number of likely N-dealkylation sites (N-methyl/N-ethyl adjacent to an activating group) is 1. The van der Waals surface area contributed by atoms with Crippen molar-refractivity contribution in [2.45, 2.75) is 116 Å². The number of esters is 1. The molecule has 0 aliphatic carbocycles. The molecule has 3 saturated heterocycles. The number of fused-ring (bicyclic) bond motifs is 6. The van der Waals surface area contributed by atoms with E-state index in [4.69, 9.17) is 19.2 Å². The fourth-order valence-electron chi connectivity index (χ4n) is 10.9. The number of benzene rings is 1. The van der Waals surface area contributed by atoms with Crippen LogP contribution in [0.1, 0.15) is 83.4 Å². The molecule has 0 saturated carbocycles. The van der Waals surface area contributed by atoms with Crippen molar-refractivity contribution in [3.63, 3.8) is 0 Å². The van der Waals surface area contributed by atoms with Crippen LogP contribution in [0.4, 0.5) is 18.0 Å². The highest BCUT2D eigenvalue weighted by atomic mass is 19.4. The first kappa shape index (κ1) is 53.9. The number of rotatable bonds is 9. The highest BCUT2D eigenvalue weighted by Gasteiger charge is 2.44. The van der Waals surface area contributed by atoms with Gasteiger partial charge in [-0.15, -0.1) is 0 Å². The minimum atomic E-state index is -4.61. The number of morpholine rings is 1. The summed E-state index contributed by atoms with van der Waals surface area (Å²) in [5.74, 6) is -2.28. The second-order valence-electron chi connectivity index (χ2n) is 21.2. The molecule has 74 heavy (non-hydrogen) atoms. The van der Waals surface area contributed by atoms with Crippen molar-refractivity contribution in [2.75, 3.05) is 60.1 Å². The Balaban J connectivity index is 1.14. The van der Waals surface area contributed by atoms with Crippen molar-refractivity contribution in [3.05, 3.63) is 84.3 Å². The van der Waals surface area contributed by atoms with Crippen LogP contribution in [-0.4, -0.2) is 154 Å². The van der Waals surface area contributed by atoms with E-state index < -0.39 is 71.7 Å². The Morgan fingerprint density at radius 3 is 2.50 bits per heavy atom. The maximum absolute atomic E-state index is 14.8. The summed E-state index contributed by atoms with van der Waals surface area (Å²) >= 11 is 0. The SMILES string of the molecule is C=CC(=O)N1CCOC2(CCN(C(=O)N(C)[C@H](C(=O)N[C@H]3Cc4cccc(n4)-c4ccc5c(c4)c(c(-c4cccnc4[C@H](C)OC)n5CC(F)(F)F)CC(C)(C)COC(=O)[C@@H]4CCCN(N4)C3=O)C(C)C)CC2)C1. The average Bonchev–Trinajstić information content (AvgIpc) is 3.66. The van der Waals surface area contributed by atoms with Gasteiger partial charge in [0.05, 0.1) is 48.5 Å². The number of nitrogens with one attached hydrogen (secondary N) is 2. The van der Waals surface area contributed by atoms with E-state index in [-0.39, 0.29) is 37.9 Å². The number of hydrogen-bond acceptors (Lipinski definition) is 11. The molecule has 8 rings (SSSR count). The van der Waals surface area contributed by atoms with Crippen LogP contribution in [0.15, 0.2) is 67.4 Å². The van der Waals surface area contributed by atoms with Gasteiger partial charge < -0.3 is 38.8 Å². The molecule has 4 aliphatic rings. The van der Waals surface area contributed by atoms with Gasteiger partial charge in [0.15, 0.2) is 0 Å². The summed E-state index contributed by atoms with van der Waals surface area (Å²) in [6, 6.07) is 10.3. The lowest BCUT2D eigenvalue weighted by atomic mass is 9.84. The number of hydrazine groups is 1. The van der Waals surface area contributed by atoms with Crippen molar-refractivity contribution < 1.29 is 51.4 Å². The third-order valence-electron chi connectivity index (χ3n) is 14.8. The van der Waals surface area contributed by atoms with Gasteiger partial charge in [0.25, 0.3) is 5.91 Å². The quantitative estimate of drug-likeness (QED) is 0.136. The smallest absolute Gasteiger partial charge is 0.406 e. The molecule has 4 atom stereocenters. The van der Waals surface area contributed by atoms with Crippen LogP contribution >= 0.6 is 0 Å². The number of aromatic nitrogens is 3. The number of carbonyl (C=O) groups excluding carboxylic acids is 5. The van der Waals surface area contributed by atoms with Gasteiger partial charge in [-0.1, -0.05) is 46.4 Å². The van der Waals surface area contributed by atoms with Crippen LogP contribution in [0.5, 0.6) is 0 Å². The fraction of sp³-hybridized carbons (Fsp3) is 0.537. The summed E-state index contributed by atoms with van der Waals surface area (Å²) in [5, 5.41) is 4.85. The average molecular weight is 1030 g/mol. The number of likely N-dealkylation sites (tertiary alicyclic amines) is 1. The number of cyclic esters (lactones) is 1. The molecular weight excluding hydrogens is 960 g/mol. The van der Waals surface area contributed by atoms with Gasteiger partial charge in [0.1, 0.15) is 24.7 Å². The number of ether oxygens (including phenoxy) is 3. The second-order valence-corrected chi connectivity index (χ2v) is 21.2. The van der Waals surface area contributed by atoms with Crippen molar-refractivity contribution >= 4 is 40.6 Å². The van der Waals surface area contributed by atoms with E-state index in [0.717, 1.165) is 0 Å². The van der Waals surface area contributed by atoms with Gasteiger partial charge in [0, 0.05) is 86.1 Å². The molecule has 1 aromatic carbocycles. The van der Waals surface area contributed by atoms with Gasteiger partial charge in [0.2, 0.25) is 11.8 Å². The minimum Gasteiger partial charge on any atom is -0.464 e. The predicted molar refractivity (Wildman–Crippen MR) is 270 cm³/mol. The molecule has 6 bridgehead atoms. The fourth-order valence-corrected chi connectivity index (χ4v) is 10.9. The largest absolute Gasteiger partial charge is 0.464 e. The molecule has 4 aromatic rings. The number of hydrogen-bond donors (Lipinski definition) is 2. The number of piperidine rings is 1. The van der Waals surface area contributed by atoms with E-state index in [1.54, 1.807) is 72.4 Å². The number of nitrogens with zero attached hydrogens (tertiary/aromatic N) is 7. The Hall–Kier alpha value is -6.38. The van der Waals surface area contributed by atoms with Crippen molar-refractivity contribution in [3.8, 4) is 22.5 Å². The van der Waals surface area contributed by atoms with E-state index in [0.29, 0.717) is 109 Å². The normalized spacial score (nSPS) is 21.2. The van der Waals surface area contributed by atoms with Crippen molar-refractivity contribution in [1.29, 1.82) is 0 Å². The number of halogens is 3. The topological polar surface area (TPSA) is 181 Å². The zero-order valence-electron chi connectivity index (χ0n) is 43.3. The Morgan fingerprint density at radius 2 is 1.80 bits per heavy atom. The molecule has 2 N–H and O–H groups in total. The lowest BCUT2D eigenvalue weighted by molar-refractivity contribution is -0.155. The minimum absolute atomic E-state index is 0.0942. The molecule has 0 unspecified atom stereocenters. The van der Waals surface area contributed by atoms with Crippen LogP contribution in [0.2, 0.25) is 0 Å². The van der Waals surface area contributed by atoms with Crippen LogP contribution in [0, 0.1) is 11.3 Å². The van der Waals surface area contributed by atoms with E-state index in [9.17, 15) is 37.1 Å². The van der Waals surface area contributed by atoms with Gasteiger partial charge in [-0.3, -0.25) is 34.2 Å². The molecule has 398 valence electrons. The van der Waals surface area contributed by atoms with Crippen LogP contribution in [-0.2, 0) is 52.8 Å². The third kappa shape index (κ3) is 11.6. The van der Waals surface area contributed by atoms with Crippen LogP contribution in [0.3, 0.4) is 0 Å². The Kier molecular flexibility index (Phi) is 15.9. The molecule has 3 aromatic heterocycles. The van der Waals surface area contributed by atoms with Crippen molar-refractivity contribution in [1.82, 2.24) is 45.0 Å². The number of alkyl halides is 3. The van der Waals surface area contributed by atoms with Gasteiger partial charge in [-0.2, -0.15) is 13.2 Å². The first-order chi connectivity index (χ1) is 35.1. The Bertz CT molecular complexity index is 2770. The molecule has 4 aliphatic heterocycles. The maximum Gasteiger partial charge on any atom is 0.406 e. The molecular formula is C54H68F3N9O8. The predicted octanol–water partition coefficient (Wildman–Crippen LogP) is 6.64. The second kappa shape index (κ2) is 21.8. The zero-order chi connectivity index (χ0) is 53.3. The number of pyridine rings is 2. The van der Waals surface area contributed by atoms with E-state index >= 15 is 0 Å². The van der Waals surface area contributed by atoms with Crippen molar-refractivity contribution in [2.24, 2.45) is 11.3 Å². The molecule has 7 heterocycles. The monoisotopic (exact) mass is 1030 g/mol. The number of carbonyl (C=O) groups is 5. The molecule has 1 spiro atoms. The standard InChI is InChI=1S/C54H68F3N9O8/c1-9-44(67)64-25-26-74-53(30-64)19-23-63(24-20-53)51(71)62(7)46(33(2)3)48(68)60-42-28-36-13-10-15-40(59-36)35-17-18-43-38(27-35)39(29-52(5,6)32-73-50(70)41-16-12-22-66(61-41)49(42)69)47(65(43)31-54(55,56)57)37-14-11-21-58-45(37)34(4)72-8/h9-11,13-15,17-18,21,27,33-34,41-42,46,61H,1,12,16,19-20,22-26,28-32H2,2-8H3,(H,60,68)/t34-,41-,42-,46-/m0/s1.